The molecule has 1 fully saturated rings. The zero-order chi connectivity index (χ0) is 14.8. The fraction of sp³-hybridized carbons (Fsp3) is 0.429. The van der Waals surface area contributed by atoms with Crippen molar-refractivity contribution in [3.63, 3.8) is 0 Å². The highest BCUT2D eigenvalue weighted by Gasteiger charge is 2.41. The first-order valence-corrected chi connectivity index (χ1v) is 6.45. The molecule has 1 saturated carbocycles. The molecule has 0 heterocycles. The van der Waals surface area contributed by atoms with E-state index in [1.807, 2.05) is 0 Å². The number of hydrogen-bond acceptors (Lipinski definition) is 3. The van der Waals surface area contributed by atoms with Crippen molar-refractivity contribution in [2.24, 2.45) is 5.41 Å². The summed E-state index contributed by atoms with van der Waals surface area (Å²) in [4.78, 5) is 23.2. The fourth-order valence-electron chi connectivity index (χ4n) is 2.55. The van der Waals surface area contributed by atoms with Gasteiger partial charge >= 0.3 is 5.97 Å². The number of carboxylic acid groups (broad SMARTS) is 1. The molecule has 20 heavy (non-hydrogen) atoms. The summed E-state index contributed by atoms with van der Waals surface area (Å²) in [6.45, 7) is -0.0124. The number of phenolic OH excluding ortho intramolecular Hbond substituents is 1. The van der Waals surface area contributed by atoms with E-state index in [1.165, 1.54) is 12.1 Å². The normalized spacial score (nSPS) is 16.9. The Kier molecular flexibility index (Phi) is 3.92. The predicted octanol–water partition coefficient (Wildman–Crippen LogP) is 1.91. The summed E-state index contributed by atoms with van der Waals surface area (Å²) in [5.41, 5.74) is -1.15. The molecule has 0 atom stereocenters. The lowest BCUT2D eigenvalue weighted by Crippen LogP contribution is -2.41. The molecule has 6 heteroatoms. The minimum atomic E-state index is -0.941. The average molecular weight is 281 g/mol. The van der Waals surface area contributed by atoms with Gasteiger partial charge in [0, 0.05) is 12.6 Å². The predicted molar refractivity (Wildman–Crippen MR) is 68.9 cm³/mol. The third kappa shape index (κ3) is 2.74. The lowest BCUT2D eigenvalue weighted by Gasteiger charge is -2.24. The maximum atomic E-state index is 13.5. The van der Waals surface area contributed by atoms with E-state index in [1.54, 1.807) is 0 Å². The summed E-state index contributed by atoms with van der Waals surface area (Å²) in [6.07, 6.45) is 2.66. The van der Waals surface area contributed by atoms with E-state index in [0.717, 1.165) is 18.9 Å². The SMILES string of the molecule is O=C(NCC1(C(=O)O)CCCC1)c1ccc(O)cc1F. The minimum Gasteiger partial charge on any atom is -0.508 e. The van der Waals surface area contributed by atoms with Crippen molar-refractivity contribution in [1.82, 2.24) is 5.32 Å². The number of nitrogens with one attached hydrogen (secondary N) is 1. The van der Waals surface area contributed by atoms with Gasteiger partial charge in [-0.3, -0.25) is 9.59 Å². The first kappa shape index (κ1) is 14.3. The van der Waals surface area contributed by atoms with Crippen LogP contribution in [0.15, 0.2) is 18.2 Å². The molecule has 1 aromatic rings. The highest BCUT2D eigenvalue weighted by atomic mass is 19.1. The topological polar surface area (TPSA) is 86.6 Å². The molecule has 5 nitrogen and oxygen atoms in total. The zero-order valence-electron chi connectivity index (χ0n) is 10.9. The van der Waals surface area contributed by atoms with Crippen LogP contribution in [0.2, 0.25) is 0 Å². The van der Waals surface area contributed by atoms with Gasteiger partial charge in [0.25, 0.3) is 5.91 Å². The zero-order valence-corrected chi connectivity index (χ0v) is 10.9. The number of aromatic hydroxyl groups is 1. The number of phenols is 1. The quantitative estimate of drug-likeness (QED) is 0.786. The molecule has 0 unspecified atom stereocenters. The standard InChI is InChI=1S/C14H16FNO4/c15-11-7-9(17)3-4-10(11)12(18)16-8-14(13(19)20)5-1-2-6-14/h3-4,7,17H,1-2,5-6,8H2,(H,16,18)(H,19,20). The average Bonchev–Trinajstić information content (AvgIpc) is 2.86. The van der Waals surface area contributed by atoms with Gasteiger partial charge in [-0.15, -0.1) is 0 Å². The van der Waals surface area contributed by atoms with Gasteiger partial charge in [-0.05, 0) is 25.0 Å². The molecule has 1 aliphatic rings. The Morgan fingerprint density at radius 1 is 1.30 bits per heavy atom. The van der Waals surface area contributed by atoms with Crippen LogP contribution in [0.3, 0.4) is 0 Å². The molecule has 1 aromatic carbocycles. The Balaban J connectivity index is 2.06. The number of carboxylic acids is 1. The van der Waals surface area contributed by atoms with Gasteiger partial charge < -0.3 is 15.5 Å². The Morgan fingerprint density at radius 2 is 1.95 bits per heavy atom. The monoisotopic (exact) mass is 281 g/mol. The van der Waals surface area contributed by atoms with Crippen LogP contribution in [0.4, 0.5) is 4.39 Å². The van der Waals surface area contributed by atoms with Gasteiger partial charge in [-0.2, -0.15) is 0 Å². The largest absolute Gasteiger partial charge is 0.508 e. The van der Waals surface area contributed by atoms with Crippen LogP contribution in [0.25, 0.3) is 0 Å². The summed E-state index contributed by atoms with van der Waals surface area (Å²) < 4.78 is 13.5. The molecular formula is C14H16FNO4. The van der Waals surface area contributed by atoms with E-state index in [2.05, 4.69) is 5.32 Å². The van der Waals surface area contributed by atoms with Crippen LogP contribution < -0.4 is 5.32 Å². The first-order valence-electron chi connectivity index (χ1n) is 6.45. The van der Waals surface area contributed by atoms with E-state index >= 15 is 0 Å². The highest BCUT2D eigenvalue weighted by Crippen LogP contribution is 2.37. The van der Waals surface area contributed by atoms with Crippen molar-refractivity contribution in [2.75, 3.05) is 6.54 Å². The van der Waals surface area contributed by atoms with E-state index in [4.69, 9.17) is 5.11 Å². The number of carbonyl (C=O) groups excluding carboxylic acids is 1. The number of carbonyl (C=O) groups is 2. The molecule has 0 aromatic heterocycles. The lowest BCUT2D eigenvalue weighted by molar-refractivity contribution is -0.148. The van der Waals surface area contributed by atoms with Crippen LogP contribution in [0, 0.1) is 11.2 Å². The van der Waals surface area contributed by atoms with Gasteiger partial charge in [-0.1, -0.05) is 12.8 Å². The van der Waals surface area contributed by atoms with Gasteiger partial charge in [0.1, 0.15) is 11.6 Å². The summed E-state index contributed by atoms with van der Waals surface area (Å²) in [5, 5.41) is 20.8. The maximum absolute atomic E-state index is 13.5. The van der Waals surface area contributed by atoms with Crippen molar-refractivity contribution in [2.45, 2.75) is 25.7 Å². The first-order chi connectivity index (χ1) is 9.44. The molecule has 108 valence electrons. The van der Waals surface area contributed by atoms with Gasteiger partial charge in [-0.25, -0.2) is 4.39 Å². The summed E-state index contributed by atoms with van der Waals surface area (Å²) in [7, 11) is 0. The van der Waals surface area contributed by atoms with E-state index in [-0.39, 0.29) is 17.9 Å². The van der Waals surface area contributed by atoms with Gasteiger partial charge in [0.15, 0.2) is 0 Å². The Labute approximate surface area is 115 Å². The van der Waals surface area contributed by atoms with Gasteiger partial charge in [0.05, 0.1) is 11.0 Å². The molecule has 1 amide bonds. The summed E-state index contributed by atoms with van der Waals surface area (Å²) >= 11 is 0. The van der Waals surface area contributed by atoms with Crippen molar-refractivity contribution in [3.05, 3.63) is 29.6 Å². The second kappa shape index (κ2) is 5.48. The van der Waals surface area contributed by atoms with Crippen molar-refractivity contribution in [1.29, 1.82) is 0 Å². The molecule has 0 spiro atoms. The van der Waals surface area contributed by atoms with Crippen molar-refractivity contribution in [3.8, 4) is 5.75 Å². The van der Waals surface area contributed by atoms with Crippen molar-refractivity contribution >= 4 is 11.9 Å². The van der Waals surface area contributed by atoms with Crippen LogP contribution >= 0.6 is 0 Å². The number of halogens is 1. The number of rotatable bonds is 4. The molecule has 1 aliphatic carbocycles. The number of hydrogen-bond donors (Lipinski definition) is 3. The van der Waals surface area contributed by atoms with Crippen LogP contribution in [0.5, 0.6) is 5.75 Å². The fourth-order valence-corrected chi connectivity index (χ4v) is 2.55. The lowest BCUT2D eigenvalue weighted by atomic mass is 9.86. The van der Waals surface area contributed by atoms with Crippen LogP contribution in [-0.4, -0.2) is 28.6 Å². The molecule has 0 saturated heterocycles. The molecule has 0 aliphatic heterocycles. The smallest absolute Gasteiger partial charge is 0.311 e. The third-order valence-electron chi connectivity index (χ3n) is 3.80. The summed E-state index contributed by atoms with van der Waals surface area (Å²) in [5.74, 6) is -2.70. The maximum Gasteiger partial charge on any atom is 0.311 e. The van der Waals surface area contributed by atoms with E-state index < -0.39 is 23.1 Å². The third-order valence-corrected chi connectivity index (χ3v) is 3.80. The number of aliphatic carboxylic acids is 1. The highest BCUT2D eigenvalue weighted by molar-refractivity contribution is 5.95. The number of benzene rings is 1. The van der Waals surface area contributed by atoms with E-state index in [0.29, 0.717) is 12.8 Å². The Hall–Kier alpha value is -2.11. The Bertz CT molecular complexity index is 538. The van der Waals surface area contributed by atoms with Crippen LogP contribution in [-0.2, 0) is 4.79 Å². The minimum absolute atomic E-state index is 0.0124. The number of amides is 1. The van der Waals surface area contributed by atoms with Crippen LogP contribution in [0.1, 0.15) is 36.0 Å². The summed E-state index contributed by atoms with van der Waals surface area (Å²) in [6, 6.07) is 3.22. The second-order valence-electron chi connectivity index (χ2n) is 5.14. The molecular weight excluding hydrogens is 265 g/mol. The van der Waals surface area contributed by atoms with E-state index in [9.17, 15) is 19.1 Å². The Morgan fingerprint density at radius 3 is 2.50 bits per heavy atom. The molecule has 3 N–H and O–H groups in total. The molecule has 0 bridgehead atoms. The van der Waals surface area contributed by atoms with Crippen molar-refractivity contribution < 1.29 is 24.2 Å². The molecule has 0 radical (unpaired) electrons. The second-order valence-corrected chi connectivity index (χ2v) is 5.14. The van der Waals surface area contributed by atoms with Gasteiger partial charge in [0.2, 0.25) is 0 Å². The molecule has 2 rings (SSSR count).